The van der Waals surface area contributed by atoms with Gasteiger partial charge in [0.2, 0.25) is 10.0 Å². The summed E-state index contributed by atoms with van der Waals surface area (Å²) < 4.78 is 44.1. The highest BCUT2D eigenvalue weighted by molar-refractivity contribution is 7.89. The molecule has 0 saturated heterocycles. The minimum Gasteiger partial charge on any atom is -0.385 e. The van der Waals surface area contributed by atoms with Crippen LogP contribution < -0.4 is 4.72 Å². The summed E-state index contributed by atoms with van der Waals surface area (Å²) in [4.78, 5) is -0.310. The van der Waals surface area contributed by atoms with E-state index in [1.54, 1.807) is 6.92 Å². The van der Waals surface area contributed by atoms with Gasteiger partial charge in [-0.3, -0.25) is 0 Å². The fourth-order valence-corrected chi connectivity index (χ4v) is 2.55. The van der Waals surface area contributed by atoms with Crippen LogP contribution in [0.2, 0.25) is 0 Å². The largest absolute Gasteiger partial charge is 0.385 e. The molecule has 0 aliphatic carbocycles. The number of hydrogen-bond donors (Lipinski definition) is 1. The molecule has 0 bridgehead atoms. The van der Waals surface area contributed by atoms with Gasteiger partial charge >= 0.3 is 0 Å². The lowest BCUT2D eigenvalue weighted by atomic mass is 10.2. The van der Waals surface area contributed by atoms with Crippen molar-refractivity contribution in [2.45, 2.75) is 32.1 Å². The van der Waals surface area contributed by atoms with Crippen LogP contribution >= 0.6 is 0 Å². The molecule has 1 aromatic carbocycles. The van der Waals surface area contributed by atoms with Crippen LogP contribution in [0.1, 0.15) is 25.8 Å². The van der Waals surface area contributed by atoms with Gasteiger partial charge in [0.1, 0.15) is 10.7 Å². The van der Waals surface area contributed by atoms with Crippen LogP contribution in [-0.4, -0.2) is 28.7 Å². The number of benzene rings is 1. The van der Waals surface area contributed by atoms with Crippen LogP contribution in [0.25, 0.3) is 0 Å². The first kappa shape index (κ1) is 18.0. The van der Waals surface area contributed by atoms with Crippen LogP contribution in [0.15, 0.2) is 23.1 Å². The summed E-state index contributed by atoms with van der Waals surface area (Å²) in [6.45, 7) is 6.39. The molecule has 0 saturated carbocycles. The molecule has 6 heteroatoms. The van der Waals surface area contributed by atoms with Gasteiger partial charge < -0.3 is 4.74 Å². The number of methoxy groups -OCH3 is 1. The van der Waals surface area contributed by atoms with E-state index in [4.69, 9.17) is 4.74 Å². The molecule has 0 spiro atoms. The van der Waals surface area contributed by atoms with E-state index in [1.807, 2.05) is 13.8 Å². The maximum Gasteiger partial charge on any atom is 0.243 e. The molecule has 19 heavy (non-hydrogen) atoms. The average Bonchev–Trinajstić information content (AvgIpc) is 2.40. The Morgan fingerprint density at radius 3 is 2.53 bits per heavy atom. The van der Waals surface area contributed by atoms with Crippen LogP contribution in [-0.2, 0) is 14.8 Å². The van der Waals surface area contributed by atoms with Crippen molar-refractivity contribution in [1.82, 2.24) is 4.72 Å². The molecule has 1 N–H and O–H groups in total. The van der Waals surface area contributed by atoms with Crippen molar-refractivity contribution in [3.63, 3.8) is 0 Å². The van der Waals surface area contributed by atoms with E-state index in [-0.39, 0.29) is 11.4 Å². The number of aryl methyl sites for hydroxylation is 1. The lowest BCUT2D eigenvalue weighted by Gasteiger charge is -2.08. The Kier molecular flexibility index (Phi) is 8.54. The third-order valence-electron chi connectivity index (χ3n) is 2.19. The lowest BCUT2D eigenvalue weighted by molar-refractivity contribution is 0.196. The molecule has 0 radical (unpaired) electrons. The summed E-state index contributed by atoms with van der Waals surface area (Å²) in [5.41, 5.74) is 0.698. The molecular formula is C13H22FNO3S. The summed E-state index contributed by atoms with van der Waals surface area (Å²) in [6, 6.07) is 3.99. The zero-order valence-electron chi connectivity index (χ0n) is 11.9. The summed E-state index contributed by atoms with van der Waals surface area (Å²) >= 11 is 0. The molecule has 0 aromatic heterocycles. The summed E-state index contributed by atoms with van der Waals surface area (Å²) in [5, 5.41) is 0. The van der Waals surface area contributed by atoms with Gasteiger partial charge in [-0.05, 0) is 31.0 Å². The molecule has 0 aliphatic rings. The monoisotopic (exact) mass is 291 g/mol. The molecule has 1 rings (SSSR count). The third-order valence-corrected chi connectivity index (χ3v) is 3.67. The molecule has 0 amide bonds. The molecule has 4 nitrogen and oxygen atoms in total. The van der Waals surface area contributed by atoms with Gasteiger partial charge in [0.25, 0.3) is 0 Å². The zero-order chi connectivity index (χ0) is 14.9. The molecule has 0 unspecified atom stereocenters. The minimum absolute atomic E-state index is 0.226. The van der Waals surface area contributed by atoms with E-state index in [1.165, 1.54) is 19.2 Å². The van der Waals surface area contributed by atoms with Crippen LogP contribution in [0.4, 0.5) is 4.39 Å². The highest BCUT2D eigenvalue weighted by Crippen LogP contribution is 2.15. The Bertz CT molecular complexity index is 475. The van der Waals surface area contributed by atoms with Gasteiger partial charge in [0.15, 0.2) is 0 Å². The summed E-state index contributed by atoms with van der Waals surface area (Å²) in [7, 11) is -2.24. The third kappa shape index (κ3) is 6.13. The minimum atomic E-state index is -3.77. The second-order valence-corrected chi connectivity index (χ2v) is 5.41. The Morgan fingerprint density at radius 1 is 1.32 bits per heavy atom. The molecule has 0 atom stereocenters. The summed E-state index contributed by atoms with van der Waals surface area (Å²) in [6.07, 6.45) is 0.545. The van der Waals surface area contributed by atoms with Gasteiger partial charge in [0, 0.05) is 20.3 Å². The van der Waals surface area contributed by atoms with Gasteiger partial charge in [-0.25, -0.2) is 17.5 Å². The molecular weight excluding hydrogens is 269 g/mol. The number of rotatable bonds is 6. The highest BCUT2D eigenvalue weighted by Gasteiger charge is 2.18. The van der Waals surface area contributed by atoms with Crippen molar-refractivity contribution in [2.24, 2.45) is 0 Å². The van der Waals surface area contributed by atoms with E-state index in [0.29, 0.717) is 18.6 Å². The van der Waals surface area contributed by atoms with Crippen molar-refractivity contribution in [3.05, 3.63) is 29.6 Å². The van der Waals surface area contributed by atoms with Gasteiger partial charge in [-0.1, -0.05) is 19.9 Å². The number of halogens is 1. The Morgan fingerprint density at radius 2 is 1.95 bits per heavy atom. The predicted molar refractivity (Wildman–Crippen MR) is 74.2 cm³/mol. The number of nitrogens with one attached hydrogen (secondary N) is 1. The number of ether oxygens (including phenoxy) is 1. The van der Waals surface area contributed by atoms with Crippen molar-refractivity contribution in [1.29, 1.82) is 0 Å². The first-order chi connectivity index (χ1) is 8.97. The van der Waals surface area contributed by atoms with Crippen molar-refractivity contribution in [3.8, 4) is 0 Å². The second-order valence-electron chi connectivity index (χ2n) is 3.68. The van der Waals surface area contributed by atoms with Gasteiger partial charge in [0.05, 0.1) is 0 Å². The van der Waals surface area contributed by atoms with E-state index >= 15 is 0 Å². The first-order valence-electron chi connectivity index (χ1n) is 6.22. The van der Waals surface area contributed by atoms with E-state index in [9.17, 15) is 12.8 Å². The quantitative estimate of drug-likeness (QED) is 0.819. The first-order valence-corrected chi connectivity index (χ1v) is 7.70. The van der Waals surface area contributed by atoms with Crippen molar-refractivity contribution in [2.75, 3.05) is 20.3 Å². The smallest absolute Gasteiger partial charge is 0.243 e. The van der Waals surface area contributed by atoms with Gasteiger partial charge in [-0.15, -0.1) is 0 Å². The van der Waals surface area contributed by atoms with E-state index in [2.05, 4.69) is 4.72 Å². The molecule has 0 heterocycles. The normalized spacial score (nSPS) is 10.8. The topological polar surface area (TPSA) is 55.4 Å². The maximum absolute atomic E-state index is 13.4. The molecule has 1 aromatic rings. The standard InChI is InChI=1S/C11H16FNO3S.C2H6/c1-9-4-5-10(12)11(8-9)17(14,15)13-6-3-7-16-2;1-2/h4-5,8,13H,3,6-7H2,1-2H3;1-2H3. The summed E-state index contributed by atoms with van der Waals surface area (Å²) in [5.74, 6) is -0.741. The lowest BCUT2D eigenvalue weighted by Crippen LogP contribution is -2.26. The fourth-order valence-electron chi connectivity index (χ4n) is 1.32. The Labute approximate surface area is 115 Å². The van der Waals surface area contributed by atoms with E-state index < -0.39 is 15.8 Å². The van der Waals surface area contributed by atoms with E-state index in [0.717, 1.165) is 6.07 Å². The number of sulfonamides is 1. The van der Waals surface area contributed by atoms with Crippen molar-refractivity contribution >= 4 is 10.0 Å². The molecule has 0 aliphatic heterocycles. The second kappa shape index (κ2) is 9.01. The Balaban J connectivity index is 0.00000154. The highest BCUT2D eigenvalue weighted by atomic mass is 32.2. The maximum atomic E-state index is 13.4. The molecule has 0 fully saturated rings. The average molecular weight is 291 g/mol. The predicted octanol–water partition coefficient (Wildman–Crippen LogP) is 2.48. The fraction of sp³-hybridized carbons (Fsp3) is 0.538. The van der Waals surface area contributed by atoms with Crippen LogP contribution in [0, 0.1) is 12.7 Å². The van der Waals surface area contributed by atoms with Crippen LogP contribution in [0.5, 0.6) is 0 Å². The van der Waals surface area contributed by atoms with Crippen molar-refractivity contribution < 1.29 is 17.5 Å². The molecule has 110 valence electrons. The number of hydrogen-bond acceptors (Lipinski definition) is 3. The van der Waals surface area contributed by atoms with Crippen LogP contribution in [0.3, 0.4) is 0 Å². The zero-order valence-corrected chi connectivity index (χ0v) is 12.7. The Hall–Kier alpha value is -0.980. The SMILES string of the molecule is CC.COCCCNS(=O)(=O)c1cc(C)ccc1F. The van der Waals surface area contributed by atoms with Gasteiger partial charge in [-0.2, -0.15) is 0 Å².